The van der Waals surface area contributed by atoms with E-state index in [1.54, 1.807) is 0 Å². The molecule has 4 N–H and O–H groups in total. The van der Waals surface area contributed by atoms with E-state index in [0.29, 0.717) is 23.5 Å². The molecule has 1 fully saturated rings. The van der Waals surface area contributed by atoms with E-state index in [0.717, 1.165) is 6.42 Å². The van der Waals surface area contributed by atoms with Gasteiger partial charge in [-0.05, 0) is 18.0 Å². The van der Waals surface area contributed by atoms with Crippen LogP contribution in [0.3, 0.4) is 0 Å². The molecule has 23 heavy (non-hydrogen) atoms. The second-order valence-corrected chi connectivity index (χ2v) is 5.66. The van der Waals surface area contributed by atoms with Crippen molar-refractivity contribution in [1.29, 1.82) is 0 Å². The maximum Gasteiger partial charge on any atom is 0.226 e. The number of imidazole rings is 1. The van der Waals surface area contributed by atoms with Crippen LogP contribution >= 0.6 is 11.6 Å². The maximum atomic E-state index is 10.1. The fourth-order valence-electron chi connectivity index (χ4n) is 2.55. The van der Waals surface area contributed by atoms with Crippen LogP contribution in [0.15, 0.2) is 6.33 Å². The molecule has 3 rings (SSSR count). The molecule has 1 aliphatic heterocycles. The number of hydrogen-bond acceptors (Lipinski definition) is 8. The molecule has 10 heteroatoms. The third-order valence-corrected chi connectivity index (χ3v) is 3.90. The summed E-state index contributed by atoms with van der Waals surface area (Å²) >= 11 is 5.96. The van der Waals surface area contributed by atoms with Gasteiger partial charge in [0.15, 0.2) is 23.2 Å². The second-order valence-electron chi connectivity index (χ2n) is 5.32. The smallest absolute Gasteiger partial charge is 0.226 e. The molecule has 4 atom stereocenters. The molecule has 0 radical (unpaired) electrons. The highest BCUT2D eigenvalue weighted by atomic mass is 35.5. The summed E-state index contributed by atoms with van der Waals surface area (Å²) in [6.07, 6.45) is -1.87. The van der Waals surface area contributed by atoms with E-state index >= 15 is 0 Å². The van der Waals surface area contributed by atoms with E-state index in [4.69, 9.17) is 16.3 Å². The van der Waals surface area contributed by atoms with Gasteiger partial charge >= 0.3 is 0 Å². The first kappa shape index (κ1) is 16.3. The maximum absolute atomic E-state index is 10.1. The lowest BCUT2D eigenvalue weighted by Gasteiger charge is -2.16. The van der Waals surface area contributed by atoms with Crippen LogP contribution < -0.4 is 5.32 Å². The lowest BCUT2D eigenvalue weighted by atomic mass is 10.1. The Kier molecular flexibility index (Phi) is 4.64. The van der Waals surface area contributed by atoms with Crippen LogP contribution in [0.2, 0.25) is 5.28 Å². The number of aromatic nitrogens is 4. The standard InChI is InChI=1S/C13H18ClN5O4/c1-2-3-15-10-7-11(18-13(14)17-10)19(5-16-7)12-9(22)8(21)6(4-20)23-12/h5-6,8-9,12,20-22H,2-4H2,1H3,(H,15,17,18)/t6-,8+,9-,12-/m1/s1. The summed E-state index contributed by atoms with van der Waals surface area (Å²) < 4.78 is 6.97. The predicted octanol–water partition coefficient (Wildman–Crippen LogP) is -0.0869. The SMILES string of the molecule is CCCNc1nc(Cl)nc2c1ncn2[C@@H]1O[C@H](CO)[C@H](O)[C@H]1O. The summed E-state index contributed by atoms with van der Waals surface area (Å²) in [6.45, 7) is 2.31. The lowest BCUT2D eigenvalue weighted by molar-refractivity contribution is -0.0511. The van der Waals surface area contributed by atoms with Crippen molar-refractivity contribution in [2.24, 2.45) is 0 Å². The number of halogens is 1. The summed E-state index contributed by atoms with van der Waals surface area (Å²) in [7, 11) is 0. The van der Waals surface area contributed by atoms with Gasteiger partial charge in [0, 0.05) is 6.54 Å². The molecule has 0 amide bonds. The quantitative estimate of drug-likeness (QED) is 0.555. The van der Waals surface area contributed by atoms with Crippen molar-refractivity contribution < 1.29 is 20.1 Å². The Bertz CT molecular complexity index is 696. The Hall–Kier alpha value is -1.52. The normalized spacial score (nSPS) is 27.7. The first-order chi connectivity index (χ1) is 11.1. The molecule has 0 spiro atoms. The van der Waals surface area contributed by atoms with Gasteiger partial charge in [0.1, 0.15) is 18.3 Å². The van der Waals surface area contributed by atoms with Crippen LogP contribution in [0.1, 0.15) is 19.6 Å². The van der Waals surface area contributed by atoms with E-state index in [1.165, 1.54) is 10.9 Å². The minimum atomic E-state index is -1.22. The van der Waals surface area contributed by atoms with Crippen LogP contribution in [0.4, 0.5) is 5.82 Å². The molecular weight excluding hydrogens is 326 g/mol. The van der Waals surface area contributed by atoms with Gasteiger partial charge in [0.05, 0.1) is 12.9 Å². The van der Waals surface area contributed by atoms with Gasteiger partial charge in [-0.15, -0.1) is 0 Å². The van der Waals surface area contributed by atoms with Gasteiger partial charge in [-0.2, -0.15) is 9.97 Å². The fourth-order valence-corrected chi connectivity index (χ4v) is 2.72. The van der Waals surface area contributed by atoms with Crippen molar-refractivity contribution in [3.63, 3.8) is 0 Å². The molecule has 0 saturated carbocycles. The van der Waals surface area contributed by atoms with Crippen LogP contribution in [-0.2, 0) is 4.74 Å². The highest BCUT2D eigenvalue weighted by Gasteiger charge is 2.44. The summed E-state index contributed by atoms with van der Waals surface area (Å²) in [4.78, 5) is 12.5. The van der Waals surface area contributed by atoms with E-state index in [2.05, 4.69) is 20.3 Å². The number of rotatable bonds is 5. The van der Waals surface area contributed by atoms with Gasteiger partial charge in [-0.3, -0.25) is 4.57 Å². The predicted molar refractivity (Wildman–Crippen MR) is 82.1 cm³/mol. The molecular formula is C13H18ClN5O4. The number of nitrogens with one attached hydrogen (secondary N) is 1. The van der Waals surface area contributed by atoms with Gasteiger partial charge in [-0.25, -0.2) is 4.98 Å². The number of aliphatic hydroxyl groups is 3. The Balaban J connectivity index is 2.01. The zero-order chi connectivity index (χ0) is 16.6. The fraction of sp³-hybridized carbons (Fsp3) is 0.615. The van der Waals surface area contributed by atoms with E-state index in [9.17, 15) is 15.3 Å². The first-order valence-corrected chi connectivity index (χ1v) is 7.71. The molecule has 0 bridgehead atoms. The van der Waals surface area contributed by atoms with Gasteiger partial charge in [0.2, 0.25) is 5.28 Å². The van der Waals surface area contributed by atoms with Crippen LogP contribution in [0.5, 0.6) is 0 Å². The summed E-state index contributed by atoms with van der Waals surface area (Å²) in [6, 6.07) is 0. The lowest BCUT2D eigenvalue weighted by Crippen LogP contribution is -2.33. The van der Waals surface area contributed by atoms with Crippen LogP contribution in [0.25, 0.3) is 11.2 Å². The van der Waals surface area contributed by atoms with E-state index in [1.807, 2.05) is 6.92 Å². The van der Waals surface area contributed by atoms with Gasteiger partial charge in [0.25, 0.3) is 0 Å². The van der Waals surface area contributed by atoms with Crippen molar-refractivity contribution in [2.45, 2.75) is 37.9 Å². The molecule has 0 aromatic carbocycles. The summed E-state index contributed by atoms with van der Waals surface area (Å²) in [5, 5.41) is 32.4. The van der Waals surface area contributed by atoms with E-state index in [-0.39, 0.29) is 5.28 Å². The Morgan fingerprint density at radius 2 is 2.13 bits per heavy atom. The van der Waals surface area contributed by atoms with Crippen molar-refractivity contribution >= 4 is 28.6 Å². The van der Waals surface area contributed by atoms with Crippen molar-refractivity contribution in [3.05, 3.63) is 11.6 Å². The molecule has 0 aliphatic carbocycles. The highest BCUT2D eigenvalue weighted by Crippen LogP contribution is 2.32. The number of hydrogen-bond donors (Lipinski definition) is 4. The Morgan fingerprint density at radius 3 is 2.78 bits per heavy atom. The molecule has 1 aliphatic rings. The minimum absolute atomic E-state index is 0.0320. The largest absolute Gasteiger partial charge is 0.394 e. The summed E-state index contributed by atoms with van der Waals surface area (Å²) in [5.74, 6) is 0.493. The molecule has 126 valence electrons. The number of anilines is 1. The topological polar surface area (TPSA) is 126 Å². The van der Waals surface area contributed by atoms with Crippen molar-refractivity contribution in [1.82, 2.24) is 19.5 Å². The number of nitrogens with zero attached hydrogens (tertiary/aromatic N) is 4. The molecule has 1 saturated heterocycles. The van der Waals surface area contributed by atoms with Crippen LogP contribution in [-0.4, -0.2) is 66.3 Å². The monoisotopic (exact) mass is 343 g/mol. The Labute approximate surface area is 136 Å². The third kappa shape index (κ3) is 2.86. The molecule has 9 nitrogen and oxygen atoms in total. The van der Waals surface area contributed by atoms with Crippen molar-refractivity contribution in [3.8, 4) is 0 Å². The third-order valence-electron chi connectivity index (χ3n) is 3.73. The Morgan fingerprint density at radius 1 is 1.35 bits per heavy atom. The van der Waals surface area contributed by atoms with Crippen molar-refractivity contribution in [2.75, 3.05) is 18.5 Å². The molecule has 2 aromatic heterocycles. The molecule has 3 heterocycles. The molecule has 2 aromatic rings. The highest BCUT2D eigenvalue weighted by molar-refractivity contribution is 6.28. The minimum Gasteiger partial charge on any atom is -0.394 e. The number of aliphatic hydroxyl groups excluding tert-OH is 3. The zero-order valence-corrected chi connectivity index (χ0v) is 13.2. The van der Waals surface area contributed by atoms with Gasteiger partial charge < -0.3 is 25.4 Å². The number of ether oxygens (including phenoxy) is 1. The zero-order valence-electron chi connectivity index (χ0n) is 12.4. The number of fused-ring (bicyclic) bond motifs is 1. The second kappa shape index (κ2) is 6.54. The average molecular weight is 344 g/mol. The van der Waals surface area contributed by atoms with Crippen LogP contribution in [0, 0.1) is 0 Å². The van der Waals surface area contributed by atoms with Gasteiger partial charge in [-0.1, -0.05) is 6.92 Å². The molecule has 0 unspecified atom stereocenters. The average Bonchev–Trinajstić information content (AvgIpc) is 3.07. The van der Waals surface area contributed by atoms with E-state index < -0.39 is 31.1 Å². The summed E-state index contributed by atoms with van der Waals surface area (Å²) in [5.41, 5.74) is 0.860. The first-order valence-electron chi connectivity index (χ1n) is 7.33.